The van der Waals surface area contributed by atoms with Crippen molar-refractivity contribution < 1.29 is 9.59 Å². The molecule has 0 aliphatic heterocycles. The highest BCUT2D eigenvalue weighted by atomic mass is 32.1. The number of ketones is 1. The van der Waals surface area contributed by atoms with Crippen LogP contribution >= 0.6 is 24.2 Å². The number of hydrogen-bond donors (Lipinski definition) is 1. The molecule has 1 rings (SSSR count). The van der Waals surface area contributed by atoms with E-state index in [0.29, 0.717) is 5.69 Å². The van der Waals surface area contributed by atoms with Crippen LogP contribution in [0, 0.1) is 6.92 Å². The lowest BCUT2D eigenvalue weighted by molar-refractivity contribution is -0.107. The van der Waals surface area contributed by atoms with Gasteiger partial charge in [-0.2, -0.15) is 0 Å². The topological polar surface area (TPSA) is 59.9 Å². The second-order valence-electron chi connectivity index (χ2n) is 1.82. The highest BCUT2D eigenvalue weighted by Crippen LogP contribution is 2.10. The fourth-order valence-corrected chi connectivity index (χ4v) is 1.32. The summed E-state index contributed by atoms with van der Waals surface area (Å²) >= 11 is 4.29. The maximum Gasteiger partial charge on any atom is 0.257 e. The molecule has 0 aliphatic carbocycles. The fraction of sp³-hybridized carbons (Fsp3) is 0.200. The standard InChI is InChI=1S/C5H4N2O2S2/c1-2-4(11-7-6-2)3(8)5(9)10/h1H3,(H,9,10). The van der Waals surface area contributed by atoms with Crippen LogP contribution in [0.3, 0.4) is 0 Å². The lowest BCUT2D eigenvalue weighted by Gasteiger charge is -1.87. The first-order valence-electron chi connectivity index (χ1n) is 2.69. The molecule has 1 aromatic heterocycles. The first-order valence-corrected chi connectivity index (χ1v) is 3.91. The predicted octanol–water partition coefficient (Wildman–Crippen LogP) is 0.486. The monoisotopic (exact) mass is 188 g/mol. The summed E-state index contributed by atoms with van der Waals surface area (Å²) in [4.78, 5) is 21.7. The van der Waals surface area contributed by atoms with E-state index in [9.17, 15) is 9.59 Å². The van der Waals surface area contributed by atoms with Gasteiger partial charge in [-0.25, -0.2) is 0 Å². The van der Waals surface area contributed by atoms with Gasteiger partial charge in [0.2, 0.25) is 0 Å². The Hall–Kier alpha value is -0.750. The van der Waals surface area contributed by atoms with Crippen molar-refractivity contribution in [2.24, 2.45) is 0 Å². The number of thiol groups is 1. The summed E-state index contributed by atoms with van der Waals surface area (Å²) in [6.45, 7) is 1.62. The molecule has 0 spiro atoms. The van der Waals surface area contributed by atoms with Crippen LogP contribution in [-0.2, 0) is 4.79 Å². The van der Waals surface area contributed by atoms with Crippen LogP contribution in [0.15, 0.2) is 0 Å². The maximum absolute atomic E-state index is 10.9. The van der Waals surface area contributed by atoms with Gasteiger partial charge in [0.15, 0.2) is 0 Å². The third-order valence-corrected chi connectivity index (χ3v) is 2.08. The zero-order valence-corrected chi connectivity index (χ0v) is 7.28. The van der Waals surface area contributed by atoms with Crippen molar-refractivity contribution in [2.45, 2.75) is 6.92 Å². The molecule has 0 bridgehead atoms. The van der Waals surface area contributed by atoms with Gasteiger partial charge in [-0.05, 0) is 18.5 Å². The van der Waals surface area contributed by atoms with Crippen LogP contribution in [-0.4, -0.2) is 20.5 Å². The van der Waals surface area contributed by atoms with E-state index in [0.717, 1.165) is 11.5 Å². The van der Waals surface area contributed by atoms with Crippen LogP contribution in [0.2, 0.25) is 0 Å². The van der Waals surface area contributed by atoms with E-state index in [2.05, 4.69) is 22.2 Å². The number of carbonyl (C=O) groups excluding carboxylic acids is 2. The van der Waals surface area contributed by atoms with E-state index in [1.807, 2.05) is 0 Å². The second kappa shape index (κ2) is 3.10. The third-order valence-electron chi connectivity index (χ3n) is 1.05. The molecule has 11 heavy (non-hydrogen) atoms. The first-order chi connectivity index (χ1) is 5.13. The van der Waals surface area contributed by atoms with Crippen molar-refractivity contribution in [2.75, 3.05) is 0 Å². The van der Waals surface area contributed by atoms with E-state index in [1.165, 1.54) is 0 Å². The molecule has 0 unspecified atom stereocenters. The van der Waals surface area contributed by atoms with Gasteiger partial charge in [0, 0.05) is 0 Å². The molecule has 0 aliphatic rings. The van der Waals surface area contributed by atoms with Crippen molar-refractivity contribution in [1.82, 2.24) is 9.59 Å². The van der Waals surface area contributed by atoms with E-state index in [4.69, 9.17) is 0 Å². The molecule has 1 heterocycles. The SMILES string of the molecule is Cc1nnsc1C(=O)C(=O)S. The molecule has 6 heteroatoms. The van der Waals surface area contributed by atoms with E-state index in [1.54, 1.807) is 6.92 Å². The molecule has 0 amide bonds. The molecule has 0 radical (unpaired) electrons. The highest BCUT2D eigenvalue weighted by molar-refractivity contribution is 7.99. The summed E-state index contributed by atoms with van der Waals surface area (Å²) < 4.78 is 3.51. The van der Waals surface area contributed by atoms with Crippen molar-refractivity contribution in [1.29, 1.82) is 0 Å². The van der Waals surface area contributed by atoms with Crippen LogP contribution in [0.1, 0.15) is 15.4 Å². The number of nitrogens with zero attached hydrogens (tertiary/aromatic N) is 2. The Morgan fingerprint density at radius 3 is 2.55 bits per heavy atom. The van der Waals surface area contributed by atoms with Gasteiger partial charge < -0.3 is 0 Å². The molecule has 0 saturated carbocycles. The molecule has 58 valence electrons. The van der Waals surface area contributed by atoms with Crippen molar-refractivity contribution in [3.8, 4) is 0 Å². The number of rotatable bonds is 2. The Labute approximate surface area is 72.2 Å². The maximum atomic E-state index is 10.9. The zero-order valence-electron chi connectivity index (χ0n) is 5.57. The lowest BCUT2D eigenvalue weighted by atomic mass is 10.3. The largest absolute Gasteiger partial charge is 0.283 e. The average Bonchev–Trinajstić information content (AvgIpc) is 2.33. The van der Waals surface area contributed by atoms with E-state index < -0.39 is 10.9 Å². The van der Waals surface area contributed by atoms with Gasteiger partial charge in [-0.1, -0.05) is 17.1 Å². The predicted molar refractivity (Wildman–Crippen MR) is 43.0 cm³/mol. The van der Waals surface area contributed by atoms with E-state index in [-0.39, 0.29) is 4.88 Å². The Morgan fingerprint density at radius 2 is 2.18 bits per heavy atom. The summed E-state index contributed by atoms with van der Waals surface area (Å²) in [5.74, 6) is -0.638. The van der Waals surface area contributed by atoms with Gasteiger partial charge in [0.05, 0.1) is 5.69 Å². The summed E-state index contributed by atoms with van der Waals surface area (Å²) in [5, 5.41) is 2.80. The average molecular weight is 188 g/mol. The zero-order chi connectivity index (χ0) is 8.43. The fourth-order valence-electron chi connectivity index (χ4n) is 0.537. The van der Waals surface area contributed by atoms with Gasteiger partial charge in [-0.3, -0.25) is 9.59 Å². The number of Topliss-reactive ketones (excluding diaryl/α,β-unsaturated/α-hetero) is 1. The Kier molecular flexibility index (Phi) is 2.35. The van der Waals surface area contributed by atoms with Gasteiger partial charge in [0.25, 0.3) is 10.9 Å². The molecule has 0 aromatic carbocycles. The molecular formula is C5H4N2O2S2. The molecule has 0 saturated heterocycles. The molecule has 0 fully saturated rings. The quantitative estimate of drug-likeness (QED) is 0.417. The van der Waals surface area contributed by atoms with Crippen molar-refractivity contribution in [3.05, 3.63) is 10.6 Å². The summed E-state index contributed by atoms with van der Waals surface area (Å²) in [5.41, 5.74) is 0.474. The Morgan fingerprint density at radius 1 is 1.55 bits per heavy atom. The molecular weight excluding hydrogens is 184 g/mol. The minimum Gasteiger partial charge on any atom is -0.283 e. The van der Waals surface area contributed by atoms with Crippen LogP contribution in [0.5, 0.6) is 0 Å². The Bertz CT molecular complexity index is 307. The summed E-state index contributed by atoms with van der Waals surface area (Å²) in [7, 11) is 0. The van der Waals surface area contributed by atoms with Gasteiger partial charge in [0.1, 0.15) is 4.88 Å². The summed E-state index contributed by atoms with van der Waals surface area (Å²) in [6.07, 6.45) is 0. The van der Waals surface area contributed by atoms with Gasteiger partial charge in [-0.15, -0.1) is 5.10 Å². The minimum atomic E-state index is -0.779. The second-order valence-corrected chi connectivity index (χ2v) is 2.98. The summed E-state index contributed by atoms with van der Waals surface area (Å²) in [6, 6.07) is 0. The molecule has 4 nitrogen and oxygen atoms in total. The number of aromatic nitrogens is 2. The van der Waals surface area contributed by atoms with Crippen molar-refractivity contribution in [3.63, 3.8) is 0 Å². The van der Waals surface area contributed by atoms with Crippen LogP contribution in [0.4, 0.5) is 0 Å². The van der Waals surface area contributed by atoms with Crippen LogP contribution < -0.4 is 0 Å². The number of carbonyl (C=O) groups is 2. The smallest absolute Gasteiger partial charge is 0.257 e. The van der Waals surface area contributed by atoms with Gasteiger partial charge >= 0.3 is 0 Å². The first kappa shape index (κ1) is 8.35. The number of aryl methyl sites for hydroxylation is 1. The molecule has 1 aromatic rings. The Balaban J connectivity index is 3.02. The van der Waals surface area contributed by atoms with Crippen molar-refractivity contribution >= 4 is 35.1 Å². The highest BCUT2D eigenvalue weighted by Gasteiger charge is 2.17. The minimum absolute atomic E-state index is 0.269. The van der Waals surface area contributed by atoms with Crippen LogP contribution in [0.25, 0.3) is 0 Å². The lowest BCUT2D eigenvalue weighted by Crippen LogP contribution is -2.06. The van der Waals surface area contributed by atoms with E-state index >= 15 is 0 Å². The molecule has 0 atom stereocenters. The normalized spacial score (nSPS) is 9.64. The molecule has 0 N–H and O–H groups in total. The third kappa shape index (κ3) is 1.63. The number of hydrogen-bond acceptors (Lipinski definition) is 5.